The summed E-state index contributed by atoms with van der Waals surface area (Å²) in [7, 11) is 0. The van der Waals surface area contributed by atoms with E-state index in [0.29, 0.717) is 32.1 Å². The van der Waals surface area contributed by atoms with Crippen molar-refractivity contribution in [2.45, 2.75) is 32.7 Å². The van der Waals surface area contributed by atoms with Crippen LogP contribution in [0.25, 0.3) is 10.9 Å². The van der Waals surface area contributed by atoms with Crippen LogP contribution in [0.2, 0.25) is 0 Å². The number of halogens is 3. The van der Waals surface area contributed by atoms with Crippen molar-refractivity contribution in [3.05, 3.63) is 36.3 Å². The Balaban J connectivity index is 1.42. The van der Waals surface area contributed by atoms with Gasteiger partial charge in [0, 0.05) is 31.9 Å². The minimum absolute atomic E-state index is 0.00198. The summed E-state index contributed by atoms with van der Waals surface area (Å²) in [4.78, 5) is 12.7. The average molecular weight is 422 g/mol. The van der Waals surface area contributed by atoms with Crippen molar-refractivity contribution in [3.63, 3.8) is 0 Å². The molecule has 2 aromatic heterocycles. The minimum atomic E-state index is -4.62. The molecule has 0 N–H and O–H groups in total. The van der Waals surface area contributed by atoms with Gasteiger partial charge in [-0.3, -0.25) is 4.90 Å². The fraction of sp³-hybridized carbons (Fsp3) is 0.474. The van der Waals surface area contributed by atoms with Gasteiger partial charge in [-0.05, 0) is 32.0 Å². The molecule has 3 heterocycles. The SMILES string of the molecule is CC(C)Oc1ncnc2ccc(N3CCN(Cc4nnc(C(F)(F)F)o4)CC3)cc12. The van der Waals surface area contributed by atoms with Gasteiger partial charge in [0.15, 0.2) is 0 Å². The number of hydrogen-bond acceptors (Lipinski definition) is 8. The first-order chi connectivity index (χ1) is 14.3. The van der Waals surface area contributed by atoms with Crippen LogP contribution in [-0.2, 0) is 12.7 Å². The summed E-state index contributed by atoms with van der Waals surface area (Å²) in [6.45, 7) is 6.80. The maximum absolute atomic E-state index is 12.6. The maximum Gasteiger partial charge on any atom is 0.470 e. The van der Waals surface area contributed by atoms with Crippen LogP contribution in [0.5, 0.6) is 5.88 Å². The van der Waals surface area contributed by atoms with Crippen LogP contribution in [0.1, 0.15) is 25.6 Å². The minimum Gasteiger partial charge on any atom is -0.474 e. The summed E-state index contributed by atoms with van der Waals surface area (Å²) in [6, 6.07) is 5.94. The molecule has 0 amide bonds. The van der Waals surface area contributed by atoms with Gasteiger partial charge in [-0.1, -0.05) is 0 Å². The lowest BCUT2D eigenvalue weighted by Gasteiger charge is -2.35. The fourth-order valence-corrected chi connectivity index (χ4v) is 3.32. The molecule has 0 saturated carbocycles. The fourth-order valence-electron chi connectivity index (χ4n) is 3.32. The normalized spacial score (nSPS) is 15.9. The number of ether oxygens (including phenoxy) is 1. The van der Waals surface area contributed by atoms with E-state index in [1.165, 1.54) is 6.33 Å². The summed E-state index contributed by atoms with van der Waals surface area (Å²) >= 11 is 0. The number of benzene rings is 1. The molecule has 160 valence electrons. The molecule has 0 unspecified atom stereocenters. The Morgan fingerprint density at radius 2 is 1.87 bits per heavy atom. The lowest BCUT2D eigenvalue weighted by molar-refractivity contribution is -0.157. The average Bonchev–Trinajstić information content (AvgIpc) is 3.17. The molecule has 0 spiro atoms. The van der Waals surface area contributed by atoms with E-state index in [4.69, 9.17) is 9.15 Å². The third kappa shape index (κ3) is 4.45. The van der Waals surface area contributed by atoms with Gasteiger partial charge < -0.3 is 14.1 Å². The highest BCUT2D eigenvalue weighted by molar-refractivity contribution is 5.86. The number of piperazine rings is 1. The van der Waals surface area contributed by atoms with Crippen LogP contribution in [0, 0.1) is 0 Å². The summed E-state index contributed by atoms with van der Waals surface area (Å²) in [5.74, 6) is -0.796. The van der Waals surface area contributed by atoms with Crippen LogP contribution in [0.15, 0.2) is 28.9 Å². The van der Waals surface area contributed by atoms with Crippen molar-refractivity contribution in [2.24, 2.45) is 0 Å². The summed E-state index contributed by atoms with van der Waals surface area (Å²) in [5, 5.41) is 7.42. The second kappa shape index (κ2) is 8.05. The topological polar surface area (TPSA) is 80.4 Å². The molecule has 11 heteroatoms. The Morgan fingerprint density at radius 3 is 2.53 bits per heavy atom. The van der Waals surface area contributed by atoms with Crippen molar-refractivity contribution in [3.8, 4) is 5.88 Å². The highest BCUT2D eigenvalue weighted by Crippen LogP contribution is 2.29. The largest absolute Gasteiger partial charge is 0.474 e. The van der Waals surface area contributed by atoms with Crippen LogP contribution >= 0.6 is 0 Å². The lowest BCUT2D eigenvalue weighted by atomic mass is 10.2. The number of alkyl halides is 3. The molecule has 1 saturated heterocycles. The monoisotopic (exact) mass is 422 g/mol. The predicted octanol–water partition coefficient (Wildman–Crippen LogP) is 3.14. The molecule has 0 atom stereocenters. The number of nitrogens with zero attached hydrogens (tertiary/aromatic N) is 6. The van der Waals surface area contributed by atoms with Gasteiger partial charge in [-0.25, -0.2) is 9.97 Å². The van der Waals surface area contributed by atoms with E-state index < -0.39 is 12.1 Å². The standard InChI is InChI=1S/C19H21F3N6O2/c1-12(2)29-17-14-9-13(3-4-15(14)23-11-24-17)28-7-5-27(6-8-28)10-16-25-26-18(30-16)19(20,21)22/h3-4,9,11-12H,5-8,10H2,1-2H3. The third-order valence-electron chi connectivity index (χ3n) is 4.74. The Kier molecular flexibility index (Phi) is 5.46. The van der Waals surface area contributed by atoms with Gasteiger partial charge in [-0.2, -0.15) is 13.2 Å². The van der Waals surface area contributed by atoms with Crippen molar-refractivity contribution in [1.29, 1.82) is 0 Å². The number of hydrogen-bond donors (Lipinski definition) is 0. The number of anilines is 1. The Bertz CT molecular complexity index is 1010. The molecule has 0 radical (unpaired) electrons. The highest BCUT2D eigenvalue weighted by atomic mass is 19.4. The number of rotatable bonds is 5. The van der Waals surface area contributed by atoms with Gasteiger partial charge in [0.1, 0.15) is 6.33 Å². The molecule has 8 nitrogen and oxygen atoms in total. The van der Waals surface area contributed by atoms with Crippen molar-refractivity contribution in [1.82, 2.24) is 25.1 Å². The quantitative estimate of drug-likeness (QED) is 0.621. The van der Waals surface area contributed by atoms with Crippen LogP contribution < -0.4 is 9.64 Å². The zero-order chi connectivity index (χ0) is 21.3. The van der Waals surface area contributed by atoms with Crippen molar-refractivity contribution >= 4 is 16.6 Å². The van der Waals surface area contributed by atoms with E-state index >= 15 is 0 Å². The second-order valence-electron chi connectivity index (χ2n) is 7.31. The van der Waals surface area contributed by atoms with E-state index in [-0.39, 0.29) is 18.5 Å². The van der Waals surface area contributed by atoms with Crippen LogP contribution in [-0.4, -0.2) is 57.3 Å². The van der Waals surface area contributed by atoms with Gasteiger partial charge >= 0.3 is 12.1 Å². The third-order valence-corrected chi connectivity index (χ3v) is 4.74. The molecule has 1 aliphatic heterocycles. The maximum atomic E-state index is 12.6. The Labute approximate surface area is 170 Å². The van der Waals surface area contributed by atoms with Crippen molar-refractivity contribution < 1.29 is 22.3 Å². The first-order valence-corrected chi connectivity index (χ1v) is 9.58. The van der Waals surface area contributed by atoms with Crippen LogP contribution in [0.3, 0.4) is 0 Å². The molecule has 1 aliphatic rings. The van der Waals surface area contributed by atoms with Crippen LogP contribution in [0.4, 0.5) is 18.9 Å². The molecule has 4 rings (SSSR count). The van der Waals surface area contributed by atoms with E-state index in [9.17, 15) is 13.2 Å². The van der Waals surface area contributed by atoms with Gasteiger partial charge in [-0.15, -0.1) is 10.2 Å². The summed E-state index contributed by atoms with van der Waals surface area (Å²) in [6.07, 6.45) is -3.14. The first kappa shape index (κ1) is 20.3. The number of aromatic nitrogens is 4. The van der Waals surface area contributed by atoms with E-state index in [1.807, 2.05) is 36.9 Å². The number of fused-ring (bicyclic) bond motifs is 1. The van der Waals surface area contributed by atoms with Gasteiger partial charge in [0.25, 0.3) is 0 Å². The van der Waals surface area contributed by atoms with E-state index in [2.05, 4.69) is 25.1 Å². The molecule has 1 fully saturated rings. The lowest BCUT2D eigenvalue weighted by Crippen LogP contribution is -2.46. The predicted molar refractivity (Wildman–Crippen MR) is 102 cm³/mol. The van der Waals surface area contributed by atoms with E-state index in [0.717, 1.165) is 16.6 Å². The molecule has 3 aromatic rings. The molecule has 0 aliphatic carbocycles. The Hall–Kier alpha value is -2.95. The van der Waals surface area contributed by atoms with Gasteiger partial charge in [0.2, 0.25) is 11.8 Å². The second-order valence-corrected chi connectivity index (χ2v) is 7.31. The van der Waals surface area contributed by atoms with E-state index in [1.54, 1.807) is 0 Å². The smallest absolute Gasteiger partial charge is 0.470 e. The molecule has 30 heavy (non-hydrogen) atoms. The molecule has 0 bridgehead atoms. The molecular formula is C19H21F3N6O2. The molecule has 1 aromatic carbocycles. The zero-order valence-corrected chi connectivity index (χ0v) is 16.6. The Morgan fingerprint density at radius 1 is 1.10 bits per heavy atom. The first-order valence-electron chi connectivity index (χ1n) is 9.58. The molecular weight excluding hydrogens is 401 g/mol. The summed E-state index contributed by atoms with van der Waals surface area (Å²) < 4.78 is 48.3. The van der Waals surface area contributed by atoms with Gasteiger partial charge in [0.05, 0.1) is 23.6 Å². The van der Waals surface area contributed by atoms with Crippen molar-refractivity contribution in [2.75, 3.05) is 31.1 Å². The summed E-state index contributed by atoms with van der Waals surface area (Å²) in [5.41, 5.74) is 1.82. The highest BCUT2D eigenvalue weighted by Gasteiger charge is 2.38. The zero-order valence-electron chi connectivity index (χ0n) is 16.6.